The summed E-state index contributed by atoms with van der Waals surface area (Å²) >= 11 is 1.25. The van der Waals surface area contributed by atoms with Crippen LogP contribution in [0.2, 0.25) is 0 Å². The maximum atomic E-state index is 11.6. The van der Waals surface area contributed by atoms with Crippen LogP contribution in [0.4, 0.5) is 5.13 Å². The van der Waals surface area contributed by atoms with Gasteiger partial charge in [0.2, 0.25) is 5.13 Å². The average Bonchev–Trinajstić information content (AvgIpc) is 2.67. The minimum Gasteiger partial charge on any atom is -0.374 e. The van der Waals surface area contributed by atoms with E-state index in [1.54, 1.807) is 6.07 Å². The number of rotatable bonds is 3. The molecule has 0 unspecified atom stereocenters. The van der Waals surface area contributed by atoms with Gasteiger partial charge >= 0.3 is 0 Å². The molecule has 0 atom stereocenters. The zero-order chi connectivity index (χ0) is 12.4. The molecule has 0 aliphatic carbocycles. The molecule has 0 spiro atoms. The molecule has 7 heteroatoms. The third kappa shape index (κ3) is 2.68. The van der Waals surface area contributed by atoms with Crippen molar-refractivity contribution in [2.75, 3.05) is 5.73 Å². The molecule has 2 rings (SSSR count). The number of hydrogen-bond acceptors (Lipinski definition) is 6. The van der Waals surface area contributed by atoms with Gasteiger partial charge < -0.3 is 5.73 Å². The Labute approximate surface area is 102 Å². The summed E-state index contributed by atoms with van der Waals surface area (Å²) in [5, 5.41) is 12.9. The molecule has 0 bridgehead atoms. The largest absolute Gasteiger partial charge is 0.374 e. The molecule has 0 saturated heterocycles. The minimum absolute atomic E-state index is 0.111. The standard InChI is InChI=1S/C10H13N5OS/c1-6(2)5-15-8(16)4-3-7(14-15)9-12-13-10(11)17-9/h3-4,6H,5H2,1-2H3,(H2,11,13). The molecule has 0 aromatic carbocycles. The van der Waals surface area contributed by atoms with Gasteiger partial charge in [0.25, 0.3) is 5.56 Å². The van der Waals surface area contributed by atoms with Crippen LogP contribution in [-0.2, 0) is 6.54 Å². The smallest absolute Gasteiger partial charge is 0.266 e. The third-order valence-corrected chi connectivity index (χ3v) is 2.84. The monoisotopic (exact) mass is 251 g/mol. The molecule has 6 nitrogen and oxygen atoms in total. The summed E-state index contributed by atoms with van der Waals surface area (Å²) in [4.78, 5) is 11.6. The molecule has 17 heavy (non-hydrogen) atoms. The van der Waals surface area contributed by atoms with Gasteiger partial charge in [-0.15, -0.1) is 10.2 Å². The molecule has 2 heterocycles. The third-order valence-electron chi connectivity index (χ3n) is 2.06. The van der Waals surface area contributed by atoms with Crippen LogP contribution in [0.15, 0.2) is 16.9 Å². The molecule has 0 amide bonds. The van der Waals surface area contributed by atoms with Crippen molar-refractivity contribution in [1.82, 2.24) is 20.0 Å². The van der Waals surface area contributed by atoms with Crippen LogP contribution in [-0.4, -0.2) is 20.0 Å². The maximum absolute atomic E-state index is 11.6. The molecule has 0 fully saturated rings. The quantitative estimate of drug-likeness (QED) is 0.879. The fraction of sp³-hybridized carbons (Fsp3) is 0.400. The van der Waals surface area contributed by atoms with Crippen molar-refractivity contribution in [2.45, 2.75) is 20.4 Å². The maximum Gasteiger partial charge on any atom is 0.266 e. The Morgan fingerprint density at radius 3 is 2.76 bits per heavy atom. The first-order valence-corrected chi connectivity index (χ1v) is 6.05. The summed E-state index contributed by atoms with van der Waals surface area (Å²) in [5.41, 5.74) is 6.03. The van der Waals surface area contributed by atoms with Crippen molar-refractivity contribution < 1.29 is 0 Å². The predicted octanol–water partition coefficient (Wildman–Crippen LogP) is 1.000. The summed E-state index contributed by atoms with van der Waals surface area (Å²) in [6.45, 7) is 4.65. The molecule has 90 valence electrons. The highest BCUT2D eigenvalue weighted by atomic mass is 32.1. The lowest BCUT2D eigenvalue weighted by molar-refractivity contribution is 0.465. The van der Waals surface area contributed by atoms with E-state index in [4.69, 9.17) is 5.73 Å². The summed E-state index contributed by atoms with van der Waals surface area (Å²) in [6, 6.07) is 3.13. The van der Waals surface area contributed by atoms with Crippen molar-refractivity contribution in [3.05, 3.63) is 22.5 Å². The van der Waals surface area contributed by atoms with E-state index in [1.165, 1.54) is 22.1 Å². The lowest BCUT2D eigenvalue weighted by atomic mass is 10.2. The molecule has 0 aliphatic rings. The first-order chi connectivity index (χ1) is 8.06. The first kappa shape index (κ1) is 11.7. The van der Waals surface area contributed by atoms with Crippen LogP contribution in [0.1, 0.15) is 13.8 Å². The highest BCUT2D eigenvalue weighted by Crippen LogP contribution is 2.21. The van der Waals surface area contributed by atoms with E-state index in [-0.39, 0.29) is 5.56 Å². The van der Waals surface area contributed by atoms with Gasteiger partial charge in [-0.2, -0.15) is 5.10 Å². The lowest BCUT2D eigenvalue weighted by Crippen LogP contribution is -2.24. The number of nitrogen functional groups attached to an aromatic ring is 1. The van der Waals surface area contributed by atoms with Crippen LogP contribution in [0, 0.1) is 5.92 Å². The van der Waals surface area contributed by atoms with Gasteiger partial charge in [0.15, 0.2) is 5.01 Å². The minimum atomic E-state index is -0.111. The van der Waals surface area contributed by atoms with Gasteiger partial charge in [0, 0.05) is 12.6 Å². The molecule has 2 aromatic heterocycles. The second-order valence-corrected chi connectivity index (χ2v) is 5.09. The Balaban J connectivity index is 2.40. The van der Waals surface area contributed by atoms with Gasteiger partial charge in [-0.25, -0.2) is 4.68 Å². The van der Waals surface area contributed by atoms with E-state index in [0.717, 1.165) is 0 Å². The second-order valence-electron chi connectivity index (χ2n) is 4.08. The van der Waals surface area contributed by atoms with E-state index in [1.807, 2.05) is 13.8 Å². The molecular weight excluding hydrogens is 238 g/mol. The zero-order valence-electron chi connectivity index (χ0n) is 9.62. The van der Waals surface area contributed by atoms with E-state index < -0.39 is 0 Å². The Morgan fingerprint density at radius 1 is 1.41 bits per heavy atom. The summed E-state index contributed by atoms with van der Waals surface area (Å²) in [6.07, 6.45) is 0. The Hall–Kier alpha value is -1.76. The highest BCUT2D eigenvalue weighted by Gasteiger charge is 2.08. The number of nitrogens with two attached hydrogens (primary N) is 1. The van der Waals surface area contributed by atoms with Gasteiger partial charge in [-0.3, -0.25) is 4.79 Å². The summed E-state index contributed by atoms with van der Waals surface area (Å²) in [7, 11) is 0. The fourth-order valence-corrected chi connectivity index (χ4v) is 1.95. The molecule has 0 aliphatic heterocycles. The van der Waals surface area contributed by atoms with E-state index in [0.29, 0.717) is 28.3 Å². The Kier molecular flexibility index (Phi) is 3.19. The van der Waals surface area contributed by atoms with Crippen LogP contribution in [0.3, 0.4) is 0 Å². The second kappa shape index (κ2) is 4.62. The number of nitrogens with zero attached hydrogens (tertiary/aromatic N) is 4. The van der Waals surface area contributed by atoms with Crippen molar-refractivity contribution in [2.24, 2.45) is 5.92 Å². The van der Waals surface area contributed by atoms with Crippen LogP contribution >= 0.6 is 11.3 Å². The van der Waals surface area contributed by atoms with E-state index in [2.05, 4.69) is 15.3 Å². The van der Waals surface area contributed by atoms with E-state index >= 15 is 0 Å². The fourth-order valence-electron chi connectivity index (χ4n) is 1.38. The van der Waals surface area contributed by atoms with Crippen molar-refractivity contribution in [3.8, 4) is 10.7 Å². The predicted molar refractivity (Wildman–Crippen MR) is 66.7 cm³/mol. The normalized spacial score (nSPS) is 11.0. The van der Waals surface area contributed by atoms with Gasteiger partial charge in [-0.1, -0.05) is 25.2 Å². The Morgan fingerprint density at radius 2 is 2.18 bits per heavy atom. The van der Waals surface area contributed by atoms with Crippen LogP contribution in [0.5, 0.6) is 0 Å². The Bertz CT molecular complexity index is 574. The highest BCUT2D eigenvalue weighted by molar-refractivity contribution is 7.18. The number of hydrogen-bond donors (Lipinski definition) is 1. The number of anilines is 1. The molecule has 0 saturated carbocycles. The van der Waals surface area contributed by atoms with Gasteiger partial charge in [-0.05, 0) is 12.0 Å². The van der Waals surface area contributed by atoms with E-state index in [9.17, 15) is 4.79 Å². The first-order valence-electron chi connectivity index (χ1n) is 5.24. The van der Waals surface area contributed by atoms with Crippen LogP contribution < -0.4 is 11.3 Å². The summed E-state index contributed by atoms with van der Waals surface area (Å²) < 4.78 is 1.44. The topological polar surface area (TPSA) is 86.7 Å². The number of aromatic nitrogens is 4. The summed E-state index contributed by atoms with van der Waals surface area (Å²) in [5.74, 6) is 0.356. The molecule has 0 radical (unpaired) electrons. The van der Waals surface area contributed by atoms with Crippen molar-refractivity contribution in [3.63, 3.8) is 0 Å². The van der Waals surface area contributed by atoms with Gasteiger partial charge in [0.05, 0.1) is 0 Å². The van der Waals surface area contributed by atoms with Gasteiger partial charge in [0.1, 0.15) is 5.69 Å². The average molecular weight is 251 g/mol. The zero-order valence-corrected chi connectivity index (χ0v) is 10.4. The van der Waals surface area contributed by atoms with Crippen molar-refractivity contribution in [1.29, 1.82) is 0 Å². The lowest BCUT2D eigenvalue weighted by Gasteiger charge is -2.07. The molecule has 2 aromatic rings. The van der Waals surface area contributed by atoms with Crippen LogP contribution in [0.25, 0.3) is 10.7 Å². The van der Waals surface area contributed by atoms with Crippen molar-refractivity contribution >= 4 is 16.5 Å². The molecular formula is C10H13N5OS. The molecule has 2 N–H and O–H groups in total. The SMILES string of the molecule is CC(C)Cn1nc(-c2nnc(N)s2)ccc1=O.